The fourth-order valence-electron chi connectivity index (χ4n) is 7.25. The molecule has 2 fully saturated rings. The summed E-state index contributed by atoms with van der Waals surface area (Å²) < 4.78 is 50.3. The van der Waals surface area contributed by atoms with Crippen molar-refractivity contribution in [1.29, 1.82) is 0 Å². The van der Waals surface area contributed by atoms with E-state index in [2.05, 4.69) is 27.2 Å². The molecule has 3 aliphatic rings. The average Bonchev–Trinajstić information content (AvgIpc) is 3.67. The summed E-state index contributed by atoms with van der Waals surface area (Å²) >= 11 is 0. The molecule has 1 aliphatic carbocycles. The molecule has 2 amide bonds. The van der Waals surface area contributed by atoms with Gasteiger partial charge in [-0.2, -0.15) is 18.3 Å². The quantitative estimate of drug-likeness (QED) is 0.339. The second-order valence-corrected chi connectivity index (χ2v) is 14.2. The molecule has 1 saturated carbocycles. The maximum absolute atomic E-state index is 14.4. The van der Waals surface area contributed by atoms with Crippen LogP contribution in [0.3, 0.4) is 0 Å². The zero-order valence-corrected chi connectivity index (χ0v) is 26.9. The number of rotatable bonds is 7. The van der Waals surface area contributed by atoms with E-state index in [-0.39, 0.29) is 30.1 Å². The highest BCUT2D eigenvalue weighted by Gasteiger charge is 2.48. The van der Waals surface area contributed by atoms with Crippen LogP contribution in [0.25, 0.3) is 0 Å². The van der Waals surface area contributed by atoms with E-state index in [0.29, 0.717) is 36.8 Å². The molecule has 2 aromatic carbocycles. The van der Waals surface area contributed by atoms with Gasteiger partial charge in [0.25, 0.3) is 5.91 Å². The number of likely N-dealkylation sites (tertiary alicyclic amines) is 1. The summed E-state index contributed by atoms with van der Waals surface area (Å²) in [5.41, 5.74) is 0.298. The molecule has 12 heteroatoms. The van der Waals surface area contributed by atoms with Crippen LogP contribution in [0.4, 0.5) is 23.7 Å². The molecule has 3 aromatic rings. The lowest BCUT2D eigenvalue weighted by atomic mass is 9.58. The van der Waals surface area contributed by atoms with Gasteiger partial charge in [-0.05, 0) is 99.4 Å². The first-order chi connectivity index (χ1) is 21.6. The van der Waals surface area contributed by atoms with E-state index in [4.69, 9.17) is 4.74 Å². The Hall–Kier alpha value is -3.93. The number of nitrogens with one attached hydrogen (secondary N) is 1. The highest BCUT2D eigenvalue weighted by molar-refractivity contribution is 6.10. The van der Waals surface area contributed by atoms with Crippen LogP contribution < -0.4 is 10.2 Å². The Balaban J connectivity index is 1.20. The first-order valence-corrected chi connectivity index (χ1v) is 15.8. The number of aryl methyl sites for hydroxylation is 1. The minimum Gasteiger partial charge on any atom is -0.444 e. The molecule has 0 radical (unpaired) electrons. The van der Waals surface area contributed by atoms with Gasteiger partial charge in [-0.1, -0.05) is 19.1 Å². The fraction of sp³-hybridized carbons (Fsp3) is 0.529. The largest absolute Gasteiger partial charge is 0.444 e. The number of carbonyl (C=O) groups excluding carboxylic acids is 2. The zero-order valence-electron chi connectivity index (χ0n) is 26.9. The van der Waals surface area contributed by atoms with E-state index in [1.807, 2.05) is 25.2 Å². The van der Waals surface area contributed by atoms with Gasteiger partial charge in [0.15, 0.2) is 5.82 Å². The number of benzene rings is 2. The first-order valence-electron chi connectivity index (χ1n) is 15.8. The van der Waals surface area contributed by atoms with Crippen LogP contribution >= 0.6 is 0 Å². The highest BCUT2D eigenvalue weighted by atomic mass is 19.4. The van der Waals surface area contributed by atoms with E-state index >= 15 is 0 Å². The number of fused-ring (bicyclic) bond motifs is 1. The third kappa shape index (κ3) is 6.36. The number of halogens is 3. The number of nitrogens with zero attached hydrogens (tertiary/aromatic N) is 5. The smallest absolute Gasteiger partial charge is 0.416 e. The molecular weight excluding hydrogens is 597 g/mol. The van der Waals surface area contributed by atoms with Crippen LogP contribution in [0.2, 0.25) is 0 Å². The summed E-state index contributed by atoms with van der Waals surface area (Å²) in [6.45, 7) is 9.40. The van der Waals surface area contributed by atoms with Crippen LogP contribution in [-0.2, 0) is 36.5 Å². The average molecular weight is 639 g/mol. The lowest BCUT2D eigenvalue weighted by molar-refractivity contribution is -0.138. The molecule has 9 nitrogen and oxygen atoms in total. The molecule has 2 aliphatic heterocycles. The van der Waals surface area contributed by atoms with Gasteiger partial charge >= 0.3 is 12.3 Å². The van der Waals surface area contributed by atoms with Gasteiger partial charge in [-0.3, -0.25) is 14.4 Å². The van der Waals surface area contributed by atoms with Gasteiger partial charge in [0.1, 0.15) is 11.9 Å². The molecule has 46 heavy (non-hydrogen) atoms. The molecule has 1 atom stereocenters. The Morgan fingerprint density at radius 3 is 2.57 bits per heavy atom. The minimum absolute atomic E-state index is 0.00545. The van der Waals surface area contributed by atoms with Crippen molar-refractivity contribution >= 4 is 17.7 Å². The molecule has 0 spiro atoms. The number of hydrogen-bond acceptors (Lipinski definition) is 6. The lowest BCUT2D eigenvalue weighted by Crippen LogP contribution is -2.42. The van der Waals surface area contributed by atoms with E-state index in [1.165, 1.54) is 11.0 Å². The van der Waals surface area contributed by atoms with Crippen molar-refractivity contribution in [2.75, 3.05) is 24.5 Å². The predicted molar refractivity (Wildman–Crippen MR) is 166 cm³/mol. The third-order valence-electron chi connectivity index (χ3n) is 9.25. The molecule has 6 rings (SSSR count). The Labute approximate surface area is 267 Å². The van der Waals surface area contributed by atoms with Crippen molar-refractivity contribution < 1.29 is 27.5 Å². The molecule has 0 bridgehead atoms. The number of anilines is 1. The lowest BCUT2D eigenvalue weighted by Gasteiger charge is -2.45. The number of alkyl halides is 3. The Morgan fingerprint density at radius 1 is 1.15 bits per heavy atom. The van der Waals surface area contributed by atoms with Crippen molar-refractivity contribution in [3.05, 3.63) is 76.4 Å². The SMILES string of the molecule is CC1CC(c2cccc(N3Cc4c(cc(CN5CC[C@@H](CNC(=O)OC(C)(C)C)C5)cc4C(F)(F)F)C3=O)c2)(c2ncn(C)n2)C1. The van der Waals surface area contributed by atoms with Crippen molar-refractivity contribution in [1.82, 2.24) is 25.0 Å². The summed E-state index contributed by atoms with van der Waals surface area (Å²) in [6.07, 6.45) is -0.928. The molecule has 1 aromatic heterocycles. The molecule has 1 saturated heterocycles. The van der Waals surface area contributed by atoms with Crippen LogP contribution in [0.1, 0.15) is 85.4 Å². The van der Waals surface area contributed by atoms with Crippen LogP contribution in [-0.4, -0.2) is 56.9 Å². The molecule has 3 heterocycles. The zero-order chi connectivity index (χ0) is 33.0. The molecule has 1 N–H and O–H groups in total. The normalized spacial score (nSPS) is 23.4. The molecular formula is C34H41F3N6O3. The van der Waals surface area contributed by atoms with E-state index < -0.39 is 34.8 Å². The van der Waals surface area contributed by atoms with Gasteiger partial charge in [0.05, 0.1) is 17.5 Å². The standard InChI is InChI=1S/C34H41F3N6O3/c1-21-14-33(15-21,30-39-20-41(5)40-30)24-7-6-8-25(13-24)43-19-27-26(29(43)44)11-23(12-28(27)34(35,36)37)18-42-10-9-22(17-42)16-38-31(45)46-32(2,3)4/h6-8,11-13,20-22H,9-10,14-19H2,1-5H3,(H,38,45)/t21?,22-,33?/m0/s1. The summed E-state index contributed by atoms with van der Waals surface area (Å²) in [7, 11) is 1.82. The van der Waals surface area contributed by atoms with Crippen molar-refractivity contribution in [2.24, 2.45) is 18.9 Å². The summed E-state index contributed by atoms with van der Waals surface area (Å²) in [5.74, 6) is 0.907. The van der Waals surface area contributed by atoms with Gasteiger partial charge in [0, 0.05) is 37.9 Å². The number of alkyl carbamates (subject to hydrolysis) is 1. The topological polar surface area (TPSA) is 92.6 Å². The van der Waals surface area contributed by atoms with Gasteiger partial charge < -0.3 is 15.0 Å². The fourth-order valence-corrected chi connectivity index (χ4v) is 7.25. The Kier molecular flexibility index (Phi) is 8.15. The van der Waals surface area contributed by atoms with Crippen LogP contribution in [0.15, 0.2) is 42.7 Å². The maximum atomic E-state index is 14.4. The van der Waals surface area contributed by atoms with Crippen LogP contribution in [0, 0.1) is 11.8 Å². The van der Waals surface area contributed by atoms with Crippen molar-refractivity contribution in [3.8, 4) is 0 Å². The highest BCUT2D eigenvalue weighted by Crippen LogP contribution is 2.52. The molecule has 246 valence electrons. The number of hydrogen-bond donors (Lipinski definition) is 1. The van der Waals surface area contributed by atoms with E-state index in [0.717, 1.165) is 30.7 Å². The van der Waals surface area contributed by atoms with Crippen molar-refractivity contribution in [2.45, 2.75) is 77.2 Å². The maximum Gasteiger partial charge on any atom is 0.416 e. The van der Waals surface area contributed by atoms with Gasteiger partial charge in [0.2, 0.25) is 0 Å². The summed E-state index contributed by atoms with van der Waals surface area (Å²) in [5, 5.41) is 7.38. The summed E-state index contributed by atoms with van der Waals surface area (Å²) in [6, 6.07) is 10.3. The summed E-state index contributed by atoms with van der Waals surface area (Å²) in [4.78, 5) is 33.9. The second kappa shape index (κ2) is 11.7. The molecule has 0 unspecified atom stereocenters. The minimum atomic E-state index is -4.61. The van der Waals surface area contributed by atoms with E-state index in [1.54, 1.807) is 43.9 Å². The van der Waals surface area contributed by atoms with Gasteiger partial charge in [-0.15, -0.1) is 0 Å². The predicted octanol–water partition coefficient (Wildman–Crippen LogP) is 6.06. The number of ether oxygens (including phenoxy) is 1. The van der Waals surface area contributed by atoms with E-state index in [9.17, 15) is 22.8 Å². The third-order valence-corrected chi connectivity index (χ3v) is 9.25. The second-order valence-electron chi connectivity index (χ2n) is 14.2. The van der Waals surface area contributed by atoms with Crippen LogP contribution in [0.5, 0.6) is 0 Å². The van der Waals surface area contributed by atoms with Crippen molar-refractivity contribution in [3.63, 3.8) is 0 Å². The number of carbonyl (C=O) groups is 2. The monoisotopic (exact) mass is 638 g/mol. The Bertz CT molecular complexity index is 1640. The number of aromatic nitrogens is 3. The van der Waals surface area contributed by atoms with Gasteiger partial charge in [-0.25, -0.2) is 9.78 Å². The Morgan fingerprint density at radius 2 is 1.91 bits per heavy atom. The number of amides is 2. The first kappa shape index (κ1) is 32.0.